The summed E-state index contributed by atoms with van der Waals surface area (Å²) in [5.41, 5.74) is 3.50. The number of aliphatic hydroxyl groups is 1. The number of benzene rings is 1. The van der Waals surface area contributed by atoms with Gasteiger partial charge in [0.15, 0.2) is 0 Å². The van der Waals surface area contributed by atoms with Crippen LogP contribution in [0.1, 0.15) is 115 Å². The molecule has 338 valence electrons. The summed E-state index contributed by atoms with van der Waals surface area (Å²) in [7, 11) is 0. The molecule has 18 heteroatoms. The molecule has 6 rings (SSSR count). The number of hydrogen-bond donors (Lipinski definition) is 4. The van der Waals surface area contributed by atoms with E-state index in [-0.39, 0.29) is 69.3 Å². The second kappa shape index (κ2) is 21.2. The Morgan fingerprint density at radius 1 is 0.968 bits per heavy atom. The van der Waals surface area contributed by atoms with Crippen LogP contribution < -0.4 is 16.0 Å². The number of piperidine rings is 1. The highest BCUT2D eigenvalue weighted by Crippen LogP contribution is 2.38. The predicted octanol–water partition coefficient (Wildman–Crippen LogP) is 2.42. The Bertz CT molecular complexity index is 1970. The number of rotatable bonds is 19. The summed E-state index contributed by atoms with van der Waals surface area (Å²) in [6.07, 6.45) is 4.53. The lowest BCUT2D eigenvalue weighted by Gasteiger charge is -2.35. The van der Waals surface area contributed by atoms with Crippen LogP contribution in [0.3, 0.4) is 0 Å². The van der Waals surface area contributed by atoms with E-state index in [1.165, 1.54) is 9.78 Å². The van der Waals surface area contributed by atoms with Gasteiger partial charge in [0.2, 0.25) is 29.5 Å². The van der Waals surface area contributed by atoms with Crippen molar-refractivity contribution < 1.29 is 52.9 Å². The molecule has 4 N–H and O–H groups in total. The Kier molecular flexibility index (Phi) is 16.0. The summed E-state index contributed by atoms with van der Waals surface area (Å²) in [6.45, 7) is 8.99. The fourth-order valence-electron chi connectivity index (χ4n) is 8.78. The molecule has 1 aromatic heterocycles. The standard InChI is InChI=1S/C44H60N6O11S/c1-26-37(62-25-46-26)29-12-10-27(11-13-29)22-45-39(54)33-21-30(51)23-49(33)43(58)38(44(2,3)4)47-35(53)24-61-20-19-60-18-17-59-16-6-8-28-7-5-9-31-36(28)42(57)50(41(31)56)32-14-15-34(52)48-40(32)55/h5,7,9,25,27,29-30,32-33,38,51H,6,8,10-24H2,1-4H3,(H,45,54)(H,47,53)(H,48,52,55)/t27?,29?,30-,32?,33?,38-/m1/s1. The van der Waals surface area contributed by atoms with Gasteiger partial charge in [-0.2, -0.15) is 0 Å². The van der Waals surface area contributed by atoms with Crippen molar-refractivity contribution in [3.05, 3.63) is 51.0 Å². The Hall–Kier alpha value is -4.62. The SMILES string of the molecule is Cc1ncsc1C1CCC(CNC(=O)C2C[C@@H](O)CN2C(=O)[C@@H](NC(=O)COCCOCCOCCCc2cccc3c2C(=O)N(C2CCC(=O)NC2=O)C3=O)C(C)(C)C)CC1. The number of amides is 7. The molecular formula is C44H60N6O11S. The van der Waals surface area contributed by atoms with Crippen LogP contribution in [0.15, 0.2) is 23.7 Å². The second-order valence-electron chi connectivity index (χ2n) is 17.7. The van der Waals surface area contributed by atoms with Crippen molar-refractivity contribution in [1.82, 2.24) is 30.7 Å². The molecule has 62 heavy (non-hydrogen) atoms. The van der Waals surface area contributed by atoms with Gasteiger partial charge >= 0.3 is 0 Å². The quantitative estimate of drug-likeness (QED) is 0.118. The Morgan fingerprint density at radius 2 is 1.68 bits per heavy atom. The maximum absolute atomic E-state index is 13.9. The van der Waals surface area contributed by atoms with E-state index in [9.17, 15) is 38.7 Å². The molecule has 3 fully saturated rings. The minimum Gasteiger partial charge on any atom is -0.391 e. The maximum atomic E-state index is 13.9. The summed E-state index contributed by atoms with van der Waals surface area (Å²) >= 11 is 1.71. The van der Waals surface area contributed by atoms with Crippen LogP contribution in [-0.4, -0.2) is 138 Å². The van der Waals surface area contributed by atoms with Crippen LogP contribution in [0.25, 0.3) is 0 Å². The van der Waals surface area contributed by atoms with E-state index in [0.29, 0.717) is 50.0 Å². The Morgan fingerprint density at radius 3 is 2.35 bits per heavy atom. The highest BCUT2D eigenvalue weighted by Gasteiger charge is 2.46. The van der Waals surface area contributed by atoms with Gasteiger partial charge in [0.05, 0.1) is 54.9 Å². The number of carbonyl (C=O) groups excluding carboxylic acids is 7. The number of fused-ring (bicyclic) bond motifs is 1. The number of carbonyl (C=O) groups is 7. The van der Waals surface area contributed by atoms with Gasteiger partial charge < -0.3 is 34.9 Å². The summed E-state index contributed by atoms with van der Waals surface area (Å²) in [5.74, 6) is -2.53. The molecule has 2 saturated heterocycles. The fourth-order valence-corrected chi connectivity index (χ4v) is 9.76. The number of likely N-dealkylation sites (tertiary alicyclic amines) is 1. The molecule has 7 amide bonds. The fraction of sp³-hybridized carbons (Fsp3) is 0.636. The zero-order valence-corrected chi connectivity index (χ0v) is 36.9. The van der Waals surface area contributed by atoms with Crippen LogP contribution >= 0.6 is 11.3 Å². The predicted molar refractivity (Wildman–Crippen MR) is 226 cm³/mol. The van der Waals surface area contributed by atoms with Crippen molar-refractivity contribution in [2.75, 3.05) is 52.7 Å². The lowest BCUT2D eigenvalue weighted by Crippen LogP contribution is -2.58. The van der Waals surface area contributed by atoms with Crippen LogP contribution in [0.5, 0.6) is 0 Å². The molecule has 1 aromatic carbocycles. The van der Waals surface area contributed by atoms with Crippen molar-refractivity contribution in [3.63, 3.8) is 0 Å². The van der Waals surface area contributed by atoms with Gasteiger partial charge in [-0.05, 0) is 80.8 Å². The highest BCUT2D eigenvalue weighted by atomic mass is 32.1. The first-order chi connectivity index (χ1) is 29.6. The number of ether oxygens (including phenoxy) is 3. The Balaban J connectivity index is 0.852. The second-order valence-corrected chi connectivity index (χ2v) is 18.6. The first-order valence-corrected chi connectivity index (χ1v) is 22.5. The van der Waals surface area contributed by atoms with Crippen molar-refractivity contribution in [2.24, 2.45) is 11.3 Å². The largest absolute Gasteiger partial charge is 0.391 e. The number of aryl methyl sites for hydroxylation is 2. The number of nitrogens with zero attached hydrogens (tertiary/aromatic N) is 3. The van der Waals surface area contributed by atoms with Crippen LogP contribution in [0.2, 0.25) is 0 Å². The smallest absolute Gasteiger partial charge is 0.262 e. The summed E-state index contributed by atoms with van der Waals surface area (Å²) in [4.78, 5) is 98.8. The maximum Gasteiger partial charge on any atom is 0.262 e. The van der Waals surface area contributed by atoms with Gasteiger partial charge in [-0.15, -0.1) is 11.3 Å². The van der Waals surface area contributed by atoms with E-state index in [4.69, 9.17) is 14.2 Å². The van der Waals surface area contributed by atoms with Gasteiger partial charge in [0.25, 0.3) is 11.8 Å². The average molecular weight is 881 g/mol. The third-order valence-corrected chi connectivity index (χ3v) is 13.2. The molecule has 2 unspecified atom stereocenters. The third-order valence-electron chi connectivity index (χ3n) is 12.1. The molecular weight excluding hydrogens is 821 g/mol. The number of nitrogens with one attached hydrogen (secondary N) is 3. The van der Waals surface area contributed by atoms with Crippen molar-refractivity contribution in [3.8, 4) is 0 Å². The topological polar surface area (TPSA) is 223 Å². The summed E-state index contributed by atoms with van der Waals surface area (Å²) in [5, 5.41) is 18.6. The zero-order chi connectivity index (χ0) is 44.6. The van der Waals surface area contributed by atoms with E-state index in [0.717, 1.165) is 36.3 Å². The molecule has 0 radical (unpaired) electrons. The van der Waals surface area contributed by atoms with Crippen LogP contribution in [-0.2, 0) is 44.6 Å². The van der Waals surface area contributed by atoms with E-state index in [2.05, 4.69) is 27.9 Å². The third kappa shape index (κ3) is 11.5. The van der Waals surface area contributed by atoms with E-state index >= 15 is 0 Å². The number of β-amino-alcohol motifs (C(OH)–C–C–N with tert-alkyl or cyclic N) is 1. The molecule has 2 aromatic rings. The lowest BCUT2D eigenvalue weighted by molar-refractivity contribution is -0.144. The Labute approximate surface area is 366 Å². The zero-order valence-electron chi connectivity index (χ0n) is 36.1. The van der Waals surface area contributed by atoms with Crippen molar-refractivity contribution >= 4 is 52.7 Å². The van der Waals surface area contributed by atoms with Gasteiger partial charge in [-0.25, -0.2) is 4.98 Å². The van der Waals surface area contributed by atoms with Gasteiger partial charge in [0, 0.05) is 37.4 Å². The molecule has 4 heterocycles. The molecule has 1 saturated carbocycles. The highest BCUT2D eigenvalue weighted by molar-refractivity contribution is 7.09. The van der Waals surface area contributed by atoms with Crippen LogP contribution in [0.4, 0.5) is 0 Å². The van der Waals surface area contributed by atoms with Crippen LogP contribution in [0, 0.1) is 18.3 Å². The molecule has 17 nitrogen and oxygen atoms in total. The molecule has 0 spiro atoms. The minimum absolute atomic E-state index is 0.00123. The normalized spacial score (nSPS) is 23.3. The number of imide groups is 2. The van der Waals surface area contributed by atoms with E-state index < -0.39 is 65.1 Å². The number of aromatic nitrogens is 1. The molecule has 0 bridgehead atoms. The number of aliphatic hydroxyl groups excluding tert-OH is 1. The molecule has 4 atom stereocenters. The average Bonchev–Trinajstić information content (AvgIpc) is 3.92. The van der Waals surface area contributed by atoms with E-state index in [1.807, 2.05) is 26.3 Å². The molecule has 4 aliphatic rings. The number of hydrogen-bond acceptors (Lipinski definition) is 13. The lowest BCUT2D eigenvalue weighted by atomic mass is 9.81. The van der Waals surface area contributed by atoms with Crippen molar-refractivity contribution in [1.29, 1.82) is 0 Å². The van der Waals surface area contributed by atoms with Gasteiger partial charge in [0.1, 0.15) is 24.7 Å². The van der Waals surface area contributed by atoms with Gasteiger partial charge in [-0.3, -0.25) is 43.8 Å². The van der Waals surface area contributed by atoms with Gasteiger partial charge in [-0.1, -0.05) is 32.9 Å². The van der Waals surface area contributed by atoms with E-state index in [1.54, 1.807) is 29.5 Å². The monoisotopic (exact) mass is 880 g/mol. The molecule has 1 aliphatic carbocycles. The number of thiazole rings is 1. The summed E-state index contributed by atoms with van der Waals surface area (Å²) in [6, 6.07) is 2.22. The first-order valence-electron chi connectivity index (χ1n) is 21.7. The molecule has 3 aliphatic heterocycles. The first kappa shape index (κ1) is 46.9. The van der Waals surface area contributed by atoms with Crippen molar-refractivity contribution in [2.45, 2.75) is 116 Å². The minimum atomic E-state index is -1.02. The summed E-state index contributed by atoms with van der Waals surface area (Å²) < 4.78 is 16.8.